The van der Waals surface area contributed by atoms with E-state index in [4.69, 9.17) is 5.11 Å². The maximum Gasteiger partial charge on any atom is 0.306 e. The van der Waals surface area contributed by atoms with Gasteiger partial charge in [-0.3, -0.25) is 9.69 Å². The third kappa shape index (κ3) is 2.80. The van der Waals surface area contributed by atoms with Crippen LogP contribution < -0.4 is 0 Å². The summed E-state index contributed by atoms with van der Waals surface area (Å²) in [5.74, 6) is -0.450. The SMILES string of the molecule is CCN1CCC(N2CC(C(C)C(=O)O)C2)CC1. The van der Waals surface area contributed by atoms with Crippen LogP contribution in [0.1, 0.15) is 26.7 Å². The zero-order chi connectivity index (χ0) is 12.4. The number of carboxylic acids is 1. The molecule has 0 aliphatic carbocycles. The van der Waals surface area contributed by atoms with Crippen LogP contribution in [0, 0.1) is 11.8 Å². The summed E-state index contributed by atoms with van der Waals surface area (Å²) in [4.78, 5) is 15.9. The Labute approximate surface area is 104 Å². The molecule has 0 amide bonds. The zero-order valence-corrected chi connectivity index (χ0v) is 10.9. The lowest BCUT2D eigenvalue weighted by molar-refractivity contribution is -0.146. The lowest BCUT2D eigenvalue weighted by Crippen LogP contribution is -2.57. The molecule has 2 aliphatic heterocycles. The summed E-state index contributed by atoms with van der Waals surface area (Å²) in [7, 11) is 0. The molecule has 4 nitrogen and oxygen atoms in total. The highest BCUT2D eigenvalue weighted by atomic mass is 16.4. The van der Waals surface area contributed by atoms with Crippen molar-refractivity contribution >= 4 is 5.97 Å². The molecule has 0 aromatic carbocycles. The molecular weight excluding hydrogens is 216 g/mol. The molecule has 0 spiro atoms. The summed E-state index contributed by atoms with van der Waals surface area (Å²) in [6.07, 6.45) is 2.50. The Morgan fingerprint density at radius 2 is 1.94 bits per heavy atom. The molecule has 2 fully saturated rings. The van der Waals surface area contributed by atoms with Crippen molar-refractivity contribution in [2.75, 3.05) is 32.7 Å². The second-order valence-electron chi connectivity index (χ2n) is 5.51. The Balaban J connectivity index is 1.72. The van der Waals surface area contributed by atoms with Crippen molar-refractivity contribution in [3.8, 4) is 0 Å². The van der Waals surface area contributed by atoms with E-state index in [1.807, 2.05) is 6.92 Å². The molecule has 0 aromatic rings. The fourth-order valence-corrected chi connectivity index (χ4v) is 2.97. The van der Waals surface area contributed by atoms with Crippen LogP contribution in [-0.2, 0) is 4.79 Å². The van der Waals surface area contributed by atoms with Gasteiger partial charge in [-0.1, -0.05) is 13.8 Å². The normalized spacial score (nSPS) is 26.7. The van der Waals surface area contributed by atoms with Crippen LogP contribution in [0.2, 0.25) is 0 Å². The van der Waals surface area contributed by atoms with Crippen molar-refractivity contribution in [3.05, 3.63) is 0 Å². The molecule has 2 saturated heterocycles. The Bertz CT molecular complexity index is 269. The number of piperidine rings is 1. The van der Waals surface area contributed by atoms with Crippen LogP contribution in [0.3, 0.4) is 0 Å². The van der Waals surface area contributed by atoms with E-state index in [1.54, 1.807) is 0 Å². The van der Waals surface area contributed by atoms with Crippen molar-refractivity contribution in [2.24, 2.45) is 11.8 Å². The fraction of sp³-hybridized carbons (Fsp3) is 0.923. The molecule has 0 bridgehead atoms. The Hall–Kier alpha value is -0.610. The van der Waals surface area contributed by atoms with Crippen molar-refractivity contribution in [2.45, 2.75) is 32.7 Å². The number of nitrogens with zero attached hydrogens (tertiary/aromatic N) is 2. The van der Waals surface area contributed by atoms with Crippen LogP contribution in [0.25, 0.3) is 0 Å². The van der Waals surface area contributed by atoms with Crippen LogP contribution in [0.4, 0.5) is 0 Å². The highest BCUT2D eigenvalue weighted by Gasteiger charge is 2.38. The van der Waals surface area contributed by atoms with Crippen molar-refractivity contribution in [1.82, 2.24) is 9.80 Å². The van der Waals surface area contributed by atoms with Crippen molar-refractivity contribution in [1.29, 1.82) is 0 Å². The van der Waals surface area contributed by atoms with Gasteiger partial charge in [0.25, 0.3) is 0 Å². The molecular formula is C13H24N2O2. The number of likely N-dealkylation sites (tertiary alicyclic amines) is 2. The van der Waals surface area contributed by atoms with Gasteiger partial charge < -0.3 is 10.0 Å². The first-order chi connectivity index (χ1) is 8.11. The van der Waals surface area contributed by atoms with Gasteiger partial charge in [0.15, 0.2) is 0 Å². The van der Waals surface area contributed by atoms with Crippen LogP contribution in [0.5, 0.6) is 0 Å². The van der Waals surface area contributed by atoms with Crippen molar-refractivity contribution < 1.29 is 9.90 Å². The van der Waals surface area contributed by atoms with E-state index in [0.29, 0.717) is 12.0 Å². The standard InChI is InChI=1S/C13H24N2O2/c1-3-14-6-4-12(5-7-14)15-8-11(9-15)10(2)13(16)17/h10-12H,3-9H2,1-2H3,(H,16,17). The zero-order valence-electron chi connectivity index (χ0n) is 10.9. The van der Waals surface area contributed by atoms with E-state index in [2.05, 4.69) is 16.7 Å². The largest absolute Gasteiger partial charge is 0.481 e. The van der Waals surface area contributed by atoms with Gasteiger partial charge in [-0.05, 0) is 38.4 Å². The summed E-state index contributed by atoms with van der Waals surface area (Å²) < 4.78 is 0. The summed E-state index contributed by atoms with van der Waals surface area (Å²) in [6, 6.07) is 0.704. The smallest absolute Gasteiger partial charge is 0.306 e. The minimum atomic E-state index is -0.643. The van der Waals surface area contributed by atoms with Crippen LogP contribution in [-0.4, -0.2) is 59.6 Å². The third-order valence-electron chi connectivity index (χ3n) is 4.56. The van der Waals surface area contributed by atoms with Gasteiger partial charge in [-0.25, -0.2) is 0 Å². The van der Waals surface area contributed by atoms with Crippen LogP contribution in [0.15, 0.2) is 0 Å². The van der Waals surface area contributed by atoms with Gasteiger partial charge >= 0.3 is 5.97 Å². The first kappa shape index (κ1) is 12.8. The molecule has 1 unspecified atom stereocenters. The van der Waals surface area contributed by atoms with E-state index >= 15 is 0 Å². The monoisotopic (exact) mass is 240 g/mol. The predicted molar refractivity (Wildman–Crippen MR) is 67.0 cm³/mol. The first-order valence-corrected chi connectivity index (χ1v) is 6.81. The summed E-state index contributed by atoms with van der Waals surface area (Å²) >= 11 is 0. The molecule has 0 radical (unpaired) electrons. The van der Waals surface area contributed by atoms with Gasteiger partial charge in [0.05, 0.1) is 5.92 Å². The Morgan fingerprint density at radius 3 is 2.41 bits per heavy atom. The fourth-order valence-electron chi connectivity index (χ4n) is 2.97. The predicted octanol–water partition coefficient (Wildman–Crippen LogP) is 1.12. The summed E-state index contributed by atoms with van der Waals surface area (Å²) in [6.45, 7) is 9.60. The molecule has 1 N–H and O–H groups in total. The molecule has 0 saturated carbocycles. The van der Waals surface area contributed by atoms with E-state index in [1.165, 1.54) is 25.9 Å². The van der Waals surface area contributed by atoms with Gasteiger partial charge in [-0.2, -0.15) is 0 Å². The topological polar surface area (TPSA) is 43.8 Å². The van der Waals surface area contributed by atoms with E-state index in [0.717, 1.165) is 19.6 Å². The number of hydrogen-bond donors (Lipinski definition) is 1. The summed E-state index contributed by atoms with van der Waals surface area (Å²) in [5.41, 5.74) is 0. The average molecular weight is 240 g/mol. The highest BCUT2D eigenvalue weighted by molar-refractivity contribution is 5.70. The minimum absolute atomic E-state index is 0.179. The molecule has 4 heteroatoms. The molecule has 2 aliphatic rings. The number of aliphatic carboxylic acids is 1. The summed E-state index contributed by atoms with van der Waals surface area (Å²) in [5, 5.41) is 8.96. The van der Waals surface area contributed by atoms with E-state index in [9.17, 15) is 4.79 Å². The second-order valence-corrected chi connectivity index (χ2v) is 5.51. The minimum Gasteiger partial charge on any atom is -0.481 e. The number of carboxylic acid groups (broad SMARTS) is 1. The van der Waals surface area contributed by atoms with Gasteiger partial charge in [-0.15, -0.1) is 0 Å². The maximum atomic E-state index is 10.9. The molecule has 2 heterocycles. The maximum absolute atomic E-state index is 10.9. The first-order valence-electron chi connectivity index (χ1n) is 6.81. The number of rotatable bonds is 4. The van der Waals surface area contributed by atoms with Gasteiger partial charge in [0.2, 0.25) is 0 Å². The molecule has 2 rings (SSSR count). The molecule has 17 heavy (non-hydrogen) atoms. The van der Waals surface area contributed by atoms with Gasteiger partial charge in [0, 0.05) is 19.1 Å². The van der Waals surface area contributed by atoms with E-state index in [-0.39, 0.29) is 5.92 Å². The molecule has 0 aromatic heterocycles. The molecule has 1 atom stereocenters. The van der Waals surface area contributed by atoms with E-state index < -0.39 is 5.97 Å². The Morgan fingerprint density at radius 1 is 1.35 bits per heavy atom. The van der Waals surface area contributed by atoms with Crippen LogP contribution >= 0.6 is 0 Å². The van der Waals surface area contributed by atoms with Gasteiger partial charge in [0.1, 0.15) is 0 Å². The number of carbonyl (C=O) groups is 1. The number of hydrogen-bond acceptors (Lipinski definition) is 3. The lowest BCUT2D eigenvalue weighted by Gasteiger charge is -2.48. The Kier molecular flexibility index (Phi) is 4.05. The lowest BCUT2D eigenvalue weighted by atomic mass is 9.84. The van der Waals surface area contributed by atoms with Crippen molar-refractivity contribution in [3.63, 3.8) is 0 Å². The highest BCUT2D eigenvalue weighted by Crippen LogP contribution is 2.29. The quantitative estimate of drug-likeness (QED) is 0.800. The third-order valence-corrected chi connectivity index (χ3v) is 4.56. The second kappa shape index (κ2) is 5.36. The average Bonchev–Trinajstić information content (AvgIpc) is 2.27. The molecule has 98 valence electrons.